The van der Waals surface area contributed by atoms with E-state index < -0.39 is 0 Å². The molecule has 5 aromatic rings. The van der Waals surface area contributed by atoms with Crippen LogP contribution < -0.4 is 15.4 Å². The third kappa shape index (κ3) is 5.64. The molecule has 2 N–H and O–H groups in total. The van der Waals surface area contributed by atoms with Crippen LogP contribution in [-0.2, 0) is 11.2 Å². The Kier molecular flexibility index (Phi) is 8.13. The molecule has 0 saturated heterocycles. The first-order chi connectivity index (χ1) is 20.2. The average Bonchev–Trinajstić information content (AvgIpc) is 3.25. The molecule has 8 heteroatoms. The maximum absolute atomic E-state index is 13.6. The second-order valence-corrected chi connectivity index (χ2v) is 10.5. The van der Waals surface area contributed by atoms with Crippen LogP contribution in [0.2, 0.25) is 5.02 Å². The van der Waals surface area contributed by atoms with Crippen molar-refractivity contribution in [2.24, 2.45) is 0 Å². The Hall–Kier alpha value is -4.88. The molecule has 0 aliphatic carbocycles. The number of hydrogen-bond acceptors (Lipinski definition) is 4. The van der Waals surface area contributed by atoms with Crippen LogP contribution in [0.3, 0.4) is 0 Å². The normalized spacial score (nSPS) is 10.9. The van der Waals surface area contributed by atoms with Crippen molar-refractivity contribution in [3.63, 3.8) is 0 Å². The monoisotopic (exact) mass is 579 g/mol. The summed E-state index contributed by atoms with van der Waals surface area (Å²) < 4.78 is 7.04. The van der Waals surface area contributed by atoms with Crippen LogP contribution in [0.4, 0.5) is 11.4 Å². The van der Waals surface area contributed by atoms with Gasteiger partial charge in [-0.25, -0.2) is 0 Å². The van der Waals surface area contributed by atoms with Gasteiger partial charge in [0.1, 0.15) is 5.75 Å². The van der Waals surface area contributed by atoms with Gasteiger partial charge in [0.2, 0.25) is 5.91 Å². The molecule has 0 atom stereocenters. The number of methoxy groups -OCH3 is 1. The minimum Gasteiger partial charge on any atom is -0.497 e. The molecule has 1 aromatic heterocycles. The molecule has 2 amide bonds. The number of ether oxygens (including phenoxy) is 1. The third-order valence-electron chi connectivity index (χ3n) is 7.34. The molecule has 0 saturated carbocycles. The number of carbonyl (C=O) groups excluding carboxylic acids is 3. The van der Waals surface area contributed by atoms with E-state index in [-0.39, 0.29) is 24.1 Å². The van der Waals surface area contributed by atoms with Crippen molar-refractivity contribution < 1.29 is 19.1 Å². The van der Waals surface area contributed by atoms with Crippen LogP contribution in [0.1, 0.15) is 43.1 Å². The number of para-hydroxylation sites is 2. The highest BCUT2D eigenvalue weighted by atomic mass is 35.5. The molecule has 0 bridgehead atoms. The maximum atomic E-state index is 13.6. The number of hydrogen-bond donors (Lipinski definition) is 2. The van der Waals surface area contributed by atoms with Crippen LogP contribution in [0, 0.1) is 20.8 Å². The van der Waals surface area contributed by atoms with E-state index in [4.69, 9.17) is 16.3 Å². The van der Waals surface area contributed by atoms with Crippen molar-refractivity contribution in [2.45, 2.75) is 27.2 Å². The number of amides is 2. The second-order valence-electron chi connectivity index (χ2n) is 10.1. The van der Waals surface area contributed by atoms with E-state index in [0.717, 1.165) is 22.2 Å². The highest BCUT2D eigenvalue weighted by Crippen LogP contribution is 2.31. The van der Waals surface area contributed by atoms with Gasteiger partial charge in [-0.1, -0.05) is 41.9 Å². The van der Waals surface area contributed by atoms with E-state index in [0.29, 0.717) is 44.4 Å². The van der Waals surface area contributed by atoms with E-state index in [9.17, 15) is 14.4 Å². The maximum Gasteiger partial charge on any atom is 0.262 e. The van der Waals surface area contributed by atoms with Crippen LogP contribution in [-0.4, -0.2) is 29.4 Å². The number of nitrogens with zero attached hydrogens (tertiary/aromatic N) is 1. The van der Waals surface area contributed by atoms with Crippen LogP contribution in [0.25, 0.3) is 10.9 Å². The van der Waals surface area contributed by atoms with E-state index in [1.54, 1.807) is 66.3 Å². The van der Waals surface area contributed by atoms with E-state index >= 15 is 0 Å². The van der Waals surface area contributed by atoms with Crippen molar-refractivity contribution in [3.05, 3.63) is 123 Å². The lowest BCUT2D eigenvalue weighted by Crippen LogP contribution is -2.20. The molecule has 0 fully saturated rings. The van der Waals surface area contributed by atoms with Gasteiger partial charge < -0.3 is 15.4 Å². The molecule has 212 valence electrons. The molecule has 0 unspecified atom stereocenters. The van der Waals surface area contributed by atoms with Gasteiger partial charge in [-0.05, 0) is 92.1 Å². The predicted octanol–water partition coefficient (Wildman–Crippen LogP) is 7.35. The van der Waals surface area contributed by atoms with Crippen molar-refractivity contribution in [1.29, 1.82) is 0 Å². The lowest BCUT2D eigenvalue weighted by atomic mass is 10.1. The molecule has 7 nitrogen and oxygen atoms in total. The number of fused-ring (bicyclic) bond motifs is 1. The lowest BCUT2D eigenvalue weighted by Gasteiger charge is -2.14. The standard InChI is InChI=1S/C34H30ClN3O4/c1-20-8-7-9-21(2)32(20)37-33(40)26-10-5-6-11-29(26)36-31(39)19-27-22(3)38(30-17-16-25(42-4)18-28(27)30)34(41)23-12-14-24(35)15-13-23/h5-18H,19H2,1-4H3,(H,36,39)(H,37,40). The molecule has 0 aliphatic rings. The average molecular weight is 580 g/mol. The number of aryl methyl sites for hydroxylation is 2. The molecular formula is C34H30ClN3O4. The fraction of sp³-hybridized carbons (Fsp3) is 0.147. The Morgan fingerprint density at radius 1 is 0.833 bits per heavy atom. The Balaban J connectivity index is 1.46. The molecular weight excluding hydrogens is 550 g/mol. The first-order valence-electron chi connectivity index (χ1n) is 13.4. The van der Waals surface area contributed by atoms with Crippen LogP contribution in [0.5, 0.6) is 5.75 Å². The van der Waals surface area contributed by atoms with Crippen molar-refractivity contribution in [3.8, 4) is 5.75 Å². The lowest BCUT2D eigenvalue weighted by molar-refractivity contribution is -0.115. The number of nitrogens with one attached hydrogen (secondary N) is 2. The summed E-state index contributed by atoms with van der Waals surface area (Å²) in [4.78, 5) is 40.4. The van der Waals surface area contributed by atoms with Gasteiger partial charge in [-0.15, -0.1) is 0 Å². The minimum absolute atomic E-state index is 0.0245. The molecule has 1 heterocycles. The quantitative estimate of drug-likeness (QED) is 0.211. The SMILES string of the molecule is COc1ccc2c(c1)c(CC(=O)Nc1ccccc1C(=O)Nc1c(C)cccc1C)c(C)n2C(=O)c1ccc(Cl)cc1. The smallest absolute Gasteiger partial charge is 0.262 e. The Labute approximate surface area is 249 Å². The number of aromatic nitrogens is 1. The van der Waals surface area contributed by atoms with Crippen LogP contribution in [0.15, 0.2) is 84.9 Å². The van der Waals surface area contributed by atoms with Gasteiger partial charge in [-0.3, -0.25) is 19.0 Å². The Bertz CT molecular complexity index is 1820. The molecule has 0 aliphatic heterocycles. The fourth-order valence-electron chi connectivity index (χ4n) is 5.13. The zero-order valence-electron chi connectivity index (χ0n) is 23.7. The topological polar surface area (TPSA) is 89.4 Å². The summed E-state index contributed by atoms with van der Waals surface area (Å²) in [5, 5.41) is 7.16. The molecule has 0 spiro atoms. The molecule has 42 heavy (non-hydrogen) atoms. The molecule has 0 radical (unpaired) electrons. The van der Waals surface area contributed by atoms with Crippen LogP contribution >= 0.6 is 11.6 Å². The number of halogens is 1. The van der Waals surface area contributed by atoms with Gasteiger partial charge >= 0.3 is 0 Å². The summed E-state index contributed by atoms with van der Waals surface area (Å²) in [6, 6.07) is 24.8. The second kappa shape index (κ2) is 11.9. The first kappa shape index (κ1) is 28.6. The van der Waals surface area contributed by atoms with Gasteiger partial charge in [-0.2, -0.15) is 0 Å². The summed E-state index contributed by atoms with van der Waals surface area (Å²) in [6.45, 7) is 5.68. The highest BCUT2D eigenvalue weighted by Gasteiger charge is 2.23. The van der Waals surface area contributed by atoms with E-state index in [1.807, 2.05) is 51.1 Å². The minimum atomic E-state index is -0.328. The number of rotatable bonds is 7. The third-order valence-corrected chi connectivity index (χ3v) is 7.59. The Morgan fingerprint density at radius 3 is 2.21 bits per heavy atom. The first-order valence-corrected chi connectivity index (χ1v) is 13.8. The predicted molar refractivity (Wildman–Crippen MR) is 167 cm³/mol. The van der Waals surface area contributed by atoms with E-state index in [2.05, 4.69) is 10.6 Å². The summed E-state index contributed by atoms with van der Waals surface area (Å²) in [5.41, 5.74) is 5.80. The number of anilines is 2. The highest BCUT2D eigenvalue weighted by molar-refractivity contribution is 6.30. The largest absolute Gasteiger partial charge is 0.497 e. The Morgan fingerprint density at radius 2 is 1.52 bits per heavy atom. The summed E-state index contributed by atoms with van der Waals surface area (Å²) >= 11 is 6.03. The van der Waals surface area contributed by atoms with Gasteiger partial charge in [0.25, 0.3) is 11.8 Å². The molecule has 5 rings (SSSR count). The van der Waals surface area contributed by atoms with Gasteiger partial charge in [0.05, 0.1) is 30.3 Å². The van der Waals surface area contributed by atoms with Gasteiger partial charge in [0, 0.05) is 27.4 Å². The van der Waals surface area contributed by atoms with Crippen molar-refractivity contribution >= 4 is 51.6 Å². The summed E-state index contributed by atoms with van der Waals surface area (Å²) in [6.07, 6.45) is -0.0245. The van der Waals surface area contributed by atoms with Gasteiger partial charge in [0.15, 0.2) is 0 Å². The van der Waals surface area contributed by atoms with Crippen molar-refractivity contribution in [2.75, 3.05) is 17.7 Å². The van der Waals surface area contributed by atoms with Crippen molar-refractivity contribution in [1.82, 2.24) is 4.57 Å². The van der Waals surface area contributed by atoms with E-state index in [1.165, 1.54) is 0 Å². The summed E-state index contributed by atoms with van der Waals surface area (Å²) in [5.74, 6) is -0.283. The number of benzene rings is 4. The number of carbonyl (C=O) groups is 3. The fourth-order valence-corrected chi connectivity index (χ4v) is 5.26. The zero-order valence-corrected chi connectivity index (χ0v) is 24.5. The molecule has 4 aromatic carbocycles. The zero-order chi connectivity index (χ0) is 30.0. The summed E-state index contributed by atoms with van der Waals surface area (Å²) in [7, 11) is 1.57.